The number of nitrogens with one attached hydrogen (secondary N) is 2. The molecule has 2 atom stereocenters. The smallest absolute Gasteiger partial charge is 0.191 e. The molecule has 0 saturated heterocycles. The average molecular weight is 465 g/mol. The molecule has 0 radical (unpaired) electrons. The Morgan fingerprint density at radius 2 is 2.08 bits per heavy atom. The van der Waals surface area contributed by atoms with Gasteiger partial charge in [0.1, 0.15) is 11.5 Å². The molecule has 0 spiro atoms. The van der Waals surface area contributed by atoms with E-state index in [1.54, 1.807) is 14.2 Å². The van der Waals surface area contributed by atoms with Gasteiger partial charge in [-0.15, -0.1) is 24.0 Å². The van der Waals surface area contributed by atoms with Crippen LogP contribution >= 0.6 is 35.7 Å². The summed E-state index contributed by atoms with van der Waals surface area (Å²) in [6, 6.07) is 6.36. The SMILES string of the molecule is CN=C(NCc1ccc(OC)cc1OC)NC1CCC(SC)C1.I. The topological polar surface area (TPSA) is 54.9 Å². The number of thioether (sulfide) groups is 1. The Kier molecular flexibility index (Phi) is 9.65. The monoisotopic (exact) mass is 465 g/mol. The fraction of sp³-hybridized carbons (Fsp3) is 0.588. The van der Waals surface area contributed by atoms with Crippen LogP contribution in [-0.2, 0) is 6.54 Å². The molecule has 2 unspecified atom stereocenters. The van der Waals surface area contributed by atoms with Crippen LogP contribution in [-0.4, -0.2) is 44.8 Å². The largest absolute Gasteiger partial charge is 0.497 e. The minimum atomic E-state index is 0. The van der Waals surface area contributed by atoms with Crippen LogP contribution in [0.4, 0.5) is 0 Å². The zero-order valence-electron chi connectivity index (χ0n) is 14.8. The summed E-state index contributed by atoms with van der Waals surface area (Å²) in [6.45, 7) is 0.658. The Hall–Kier alpha value is -0.830. The maximum atomic E-state index is 5.43. The molecule has 1 fully saturated rings. The molecule has 136 valence electrons. The molecule has 0 bridgehead atoms. The van der Waals surface area contributed by atoms with Gasteiger partial charge in [-0.3, -0.25) is 4.99 Å². The molecule has 7 heteroatoms. The number of hydrogen-bond donors (Lipinski definition) is 2. The van der Waals surface area contributed by atoms with Gasteiger partial charge in [0.15, 0.2) is 5.96 Å². The second kappa shape index (κ2) is 10.9. The van der Waals surface area contributed by atoms with Crippen molar-refractivity contribution in [3.63, 3.8) is 0 Å². The Labute approximate surface area is 166 Å². The lowest BCUT2D eigenvalue weighted by Crippen LogP contribution is -2.42. The van der Waals surface area contributed by atoms with Gasteiger partial charge in [-0.2, -0.15) is 11.8 Å². The van der Waals surface area contributed by atoms with Crippen LogP contribution in [0.5, 0.6) is 11.5 Å². The van der Waals surface area contributed by atoms with Gasteiger partial charge < -0.3 is 20.1 Å². The third kappa shape index (κ3) is 5.91. The van der Waals surface area contributed by atoms with Crippen LogP contribution in [0, 0.1) is 0 Å². The number of rotatable bonds is 6. The first-order chi connectivity index (χ1) is 11.2. The molecule has 0 heterocycles. The highest BCUT2D eigenvalue weighted by molar-refractivity contribution is 14.0. The van der Waals surface area contributed by atoms with Crippen molar-refractivity contribution < 1.29 is 9.47 Å². The molecule has 2 N–H and O–H groups in total. The molecule has 1 aromatic carbocycles. The third-order valence-corrected chi connectivity index (χ3v) is 5.32. The summed E-state index contributed by atoms with van der Waals surface area (Å²) in [5.41, 5.74) is 1.07. The van der Waals surface area contributed by atoms with Gasteiger partial charge in [0.25, 0.3) is 0 Å². The molecule has 0 aliphatic heterocycles. The van der Waals surface area contributed by atoms with Gasteiger partial charge in [-0.25, -0.2) is 0 Å². The Balaban J connectivity index is 0.00000288. The van der Waals surface area contributed by atoms with E-state index in [0.717, 1.165) is 28.3 Å². The lowest BCUT2D eigenvalue weighted by Gasteiger charge is -2.18. The maximum absolute atomic E-state index is 5.43. The van der Waals surface area contributed by atoms with Crippen molar-refractivity contribution in [3.8, 4) is 11.5 Å². The molecule has 0 aromatic heterocycles. The molecule has 2 rings (SSSR count). The normalized spacial score (nSPS) is 20.2. The van der Waals surface area contributed by atoms with Gasteiger partial charge in [0.2, 0.25) is 0 Å². The van der Waals surface area contributed by atoms with Crippen LogP contribution in [0.3, 0.4) is 0 Å². The van der Waals surface area contributed by atoms with E-state index in [9.17, 15) is 0 Å². The van der Waals surface area contributed by atoms with Crippen molar-refractivity contribution >= 4 is 41.7 Å². The molecule has 1 aromatic rings. The van der Waals surface area contributed by atoms with Crippen molar-refractivity contribution in [1.82, 2.24) is 10.6 Å². The van der Waals surface area contributed by atoms with E-state index in [0.29, 0.717) is 12.6 Å². The molecule has 1 aliphatic carbocycles. The van der Waals surface area contributed by atoms with Gasteiger partial charge in [0.05, 0.1) is 14.2 Å². The number of halogens is 1. The van der Waals surface area contributed by atoms with Crippen molar-refractivity contribution in [2.24, 2.45) is 4.99 Å². The van der Waals surface area contributed by atoms with Gasteiger partial charge in [-0.1, -0.05) is 0 Å². The average Bonchev–Trinajstić information content (AvgIpc) is 3.06. The fourth-order valence-corrected chi connectivity index (χ4v) is 3.65. The molecule has 24 heavy (non-hydrogen) atoms. The predicted molar refractivity (Wildman–Crippen MR) is 113 cm³/mol. The summed E-state index contributed by atoms with van der Waals surface area (Å²) in [7, 11) is 5.13. The number of nitrogens with zero attached hydrogens (tertiary/aromatic N) is 1. The van der Waals surface area contributed by atoms with Crippen LogP contribution in [0.2, 0.25) is 0 Å². The number of hydrogen-bond acceptors (Lipinski definition) is 4. The number of aliphatic imine (C=N–C) groups is 1. The molecule has 1 aliphatic rings. The minimum Gasteiger partial charge on any atom is -0.497 e. The van der Waals surface area contributed by atoms with Crippen molar-refractivity contribution in [2.75, 3.05) is 27.5 Å². The third-order valence-electron chi connectivity index (χ3n) is 4.22. The number of methoxy groups -OCH3 is 2. The van der Waals surface area contributed by atoms with Crippen LogP contribution in [0.1, 0.15) is 24.8 Å². The standard InChI is InChI=1S/C17H27N3O2S.HI/c1-18-17(20-13-6-8-15(9-13)23-4)19-11-12-5-7-14(21-2)10-16(12)22-3;/h5,7,10,13,15H,6,8-9,11H2,1-4H3,(H2,18,19,20);1H. The van der Waals surface area contributed by atoms with Crippen LogP contribution in [0.25, 0.3) is 0 Å². The van der Waals surface area contributed by atoms with E-state index in [-0.39, 0.29) is 24.0 Å². The van der Waals surface area contributed by atoms with E-state index < -0.39 is 0 Å². The van der Waals surface area contributed by atoms with Gasteiger partial charge in [-0.05, 0) is 37.7 Å². The zero-order valence-corrected chi connectivity index (χ0v) is 17.9. The molecule has 1 saturated carbocycles. The van der Waals surface area contributed by atoms with Crippen LogP contribution < -0.4 is 20.1 Å². The summed E-state index contributed by atoms with van der Waals surface area (Å²) in [4.78, 5) is 4.33. The zero-order chi connectivity index (χ0) is 16.7. The van der Waals surface area contributed by atoms with E-state index in [1.165, 1.54) is 19.3 Å². The number of guanidine groups is 1. The second-order valence-corrected chi connectivity index (χ2v) is 6.75. The van der Waals surface area contributed by atoms with Crippen molar-refractivity contribution in [2.45, 2.75) is 37.1 Å². The number of ether oxygens (including phenoxy) is 2. The first-order valence-electron chi connectivity index (χ1n) is 7.91. The summed E-state index contributed by atoms with van der Waals surface area (Å²) in [6.07, 6.45) is 5.88. The highest BCUT2D eigenvalue weighted by atomic mass is 127. The first kappa shape index (κ1) is 21.2. The van der Waals surface area contributed by atoms with Crippen LogP contribution in [0.15, 0.2) is 23.2 Å². The Morgan fingerprint density at radius 1 is 1.29 bits per heavy atom. The first-order valence-corrected chi connectivity index (χ1v) is 9.19. The molecule has 0 amide bonds. The van der Waals surface area contributed by atoms with Crippen molar-refractivity contribution in [3.05, 3.63) is 23.8 Å². The minimum absolute atomic E-state index is 0. The molecular weight excluding hydrogens is 437 g/mol. The lowest BCUT2D eigenvalue weighted by molar-refractivity contribution is 0.390. The number of benzene rings is 1. The van der Waals surface area contributed by atoms with E-state index >= 15 is 0 Å². The summed E-state index contributed by atoms with van der Waals surface area (Å²) >= 11 is 1.96. The van der Waals surface area contributed by atoms with Gasteiger partial charge >= 0.3 is 0 Å². The van der Waals surface area contributed by atoms with Crippen molar-refractivity contribution in [1.29, 1.82) is 0 Å². The predicted octanol–water partition coefficient (Wildman–Crippen LogP) is 3.27. The molecular formula is C17H28IN3O2S. The summed E-state index contributed by atoms with van der Waals surface area (Å²) in [5.74, 6) is 2.45. The Morgan fingerprint density at radius 3 is 2.67 bits per heavy atom. The quantitative estimate of drug-likeness (QED) is 0.384. The summed E-state index contributed by atoms with van der Waals surface area (Å²) < 4.78 is 10.7. The fourth-order valence-electron chi connectivity index (χ4n) is 2.85. The lowest BCUT2D eigenvalue weighted by atomic mass is 10.2. The highest BCUT2D eigenvalue weighted by Crippen LogP contribution is 2.28. The maximum Gasteiger partial charge on any atom is 0.191 e. The van der Waals surface area contributed by atoms with E-state index in [4.69, 9.17) is 9.47 Å². The van der Waals surface area contributed by atoms with Gasteiger partial charge in [0, 0.05) is 36.5 Å². The van der Waals surface area contributed by atoms with E-state index in [2.05, 4.69) is 21.9 Å². The van der Waals surface area contributed by atoms with E-state index in [1.807, 2.05) is 37.0 Å². The second-order valence-electron chi connectivity index (χ2n) is 5.62. The Bertz CT molecular complexity index is 543. The highest BCUT2D eigenvalue weighted by Gasteiger charge is 2.24. The molecule has 5 nitrogen and oxygen atoms in total. The summed E-state index contributed by atoms with van der Waals surface area (Å²) in [5, 5.41) is 7.66.